The van der Waals surface area contributed by atoms with Gasteiger partial charge in [-0.15, -0.1) is 11.3 Å². The summed E-state index contributed by atoms with van der Waals surface area (Å²) in [5.74, 6) is 0.533. The van der Waals surface area contributed by atoms with Crippen molar-refractivity contribution in [1.29, 1.82) is 0 Å². The van der Waals surface area contributed by atoms with Crippen molar-refractivity contribution >= 4 is 29.1 Å². The van der Waals surface area contributed by atoms with Gasteiger partial charge < -0.3 is 19.9 Å². The first kappa shape index (κ1) is 28.9. The zero-order valence-corrected chi connectivity index (χ0v) is 24.7. The van der Waals surface area contributed by atoms with Gasteiger partial charge in [0.1, 0.15) is 11.8 Å². The van der Waals surface area contributed by atoms with E-state index in [0.29, 0.717) is 37.2 Å². The van der Waals surface area contributed by atoms with E-state index in [-0.39, 0.29) is 29.8 Å². The van der Waals surface area contributed by atoms with Crippen LogP contribution in [0.5, 0.6) is 5.75 Å². The minimum absolute atomic E-state index is 0.000974. The summed E-state index contributed by atoms with van der Waals surface area (Å²) in [4.78, 5) is 45.5. The van der Waals surface area contributed by atoms with Crippen LogP contribution in [-0.4, -0.2) is 59.3 Å². The number of aryl methyl sites for hydroxylation is 1. The number of hydrogen-bond acceptors (Lipinski definition) is 5. The van der Waals surface area contributed by atoms with E-state index in [1.807, 2.05) is 34.5 Å². The topological polar surface area (TPSA) is 79.0 Å². The molecule has 0 unspecified atom stereocenters. The summed E-state index contributed by atoms with van der Waals surface area (Å²) in [6.07, 6.45) is 5.40. The summed E-state index contributed by atoms with van der Waals surface area (Å²) in [5.41, 5.74) is 2.79. The van der Waals surface area contributed by atoms with Crippen LogP contribution in [0.15, 0.2) is 66.0 Å². The van der Waals surface area contributed by atoms with E-state index < -0.39 is 6.04 Å². The number of nitrogens with one attached hydrogen (secondary N) is 1. The number of amides is 3. The van der Waals surface area contributed by atoms with Gasteiger partial charge in [0.25, 0.3) is 5.91 Å². The SMILES string of the molecule is COc1ccc(C(=O)N(Cc2cccc(C)c2)[C@@H]2CCCC[C@H]2NC(=O)[C@@H]2CCCN2C(=O)Cc2cccs2)cc1. The molecule has 2 aliphatic rings. The second-order valence-corrected chi connectivity index (χ2v) is 12.2. The fraction of sp³-hybridized carbons (Fsp3) is 0.424. The number of thiophene rings is 1. The maximum atomic E-state index is 14.0. The Hall–Kier alpha value is -3.65. The van der Waals surface area contributed by atoms with Crippen LogP contribution in [0.2, 0.25) is 0 Å². The molecule has 1 saturated heterocycles. The van der Waals surface area contributed by atoms with Gasteiger partial charge in [0.15, 0.2) is 0 Å². The molecule has 3 aromatic rings. The van der Waals surface area contributed by atoms with Gasteiger partial charge in [-0.3, -0.25) is 14.4 Å². The van der Waals surface area contributed by atoms with Gasteiger partial charge in [-0.05, 0) is 73.9 Å². The zero-order valence-electron chi connectivity index (χ0n) is 23.9. The number of carbonyl (C=O) groups excluding carboxylic acids is 3. The Morgan fingerprint density at radius 2 is 1.80 bits per heavy atom. The van der Waals surface area contributed by atoms with Gasteiger partial charge in [-0.25, -0.2) is 0 Å². The number of hydrogen-bond donors (Lipinski definition) is 1. The van der Waals surface area contributed by atoms with Gasteiger partial charge in [0.2, 0.25) is 11.8 Å². The normalized spacial score (nSPS) is 20.4. The lowest BCUT2D eigenvalue weighted by molar-refractivity contribution is -0.138. The summed E-state index contributed by atoms with van der Waals surface area (Å²) in [6, 6.07) is 18.5. The van der Waals surface area contributed by atoms with E-state index in [1.165, 1.54) is 0 Å². The van der Waals surface area contributed by atoms with E-state index in [4.69, 9.17) is 4.74 Å². The van der Waals surface area contributed by atoms with Gasteiger partial charge >= 0.3 is 0 Å². The molecule has 2 fully saturated rings. The average molecular weight is 574 g/mol. The number of benzene rings is 2. The molecule has 1 N–H and O–H groups in total. The fourth-order valence-electron chi connectivity index (χ4n) is 6.18. The Morgan fingerprint density at radius 1 is 1.00 bits per heavy atom. The van der Waals surface area contributed by atoms with Crippen LogP contribution in [0.4, 0.5) is 0 Å². The smallest absolute Gasteiger partial charge is 0.254 e. The molecular formula is C33H39N3O4S. The van der Waals surface area contributed by atoms with Crippen molar-refractivity contribution in [3.63, 3.8) is 0 Å². The van der Waals surface area contributed by atoms with Gasteiger partial charge in [0.05, 0.1) is 19.6 Å². The van der Waals surface area contributed by atoms with Crippen LogP contribution in [0, 0.1) is 6.92 Å². The number of nitrogens with zero attached hydrogens (tertiary/aromatic N) is 2. The van der Waals surface area contributed by atoms with Crippen molar-refractivity contribution in [2.24, 2.45) is 0 Å². The van der Waals surface area contributed by atoms with Gasteiger partial charge in [-0.1, -0.05) is 48.7 Å². The highest BCUT2D eigenvalue weighted by Gasteiger charge is 2.39. The molecule has 1 aromatic heterocycles. The van der Waals surface area contributed by atoms with Gasteiger partial charge in [-0.2, -0.15) is 0 Å². The quantitative estimate of drug-likeness (QED) is 0.373. The molecule has 0 bridgehead atoms. The van der Waals surface area contributed by atoms with Crippen molar-refractivity contribution in [3.05, 3.63) is 87.6 Å². The third-order valence-electron chi connectivity index (χ3n) is 8.27. The standard InChI is InChI=1S/C33H39N3O4S/c1-23-8-5-9-24(20-23)22-36(33(39)25-14-16-26(40-2)17-15-25)29-12-4-3-11-28(29)34-32(38)30-13-6-18-35(30)31(37)21-27-10-7-19-41-27/h5,7-10,14-17,19-20,28-30H,3-4,6,11-13,18,21-22H2,1-2H3,(H,34,38)/t28-,29-,30+/m1/s1. The second kappa shape index (κ2) is 13.3. The molecule has 1 aliphatic carbocycles. The maximum absolute atomic E-state index is 14.0. The first-order chi connectivity index (χ1) is 19.9. The maximum Gasteiger partial charge on any atom is 0.254 e. The lowest BCUT2D eigenvalue weighted by Crippen LogP contribution is -2.57. The minimum atomic E-state index is -0.465. The number of rotatable bonds is 9. The highest BCUT2D eigenvalue weighted by atomic mass is 32.1. The summed E-state index contributed by atoms with van der Waals surface area (Å²) < 4.78 is 5.30. The Morgan fingerprint density at radius 3 is 2.54 bits per heavy atom. The molecule has 3 amide bonds. The number of likely N-dealkylation sites (tertiary alicyclic amines) is 1. The minimum Gasteiger partial charge on any atom is -0.497 e. The van der Waals surface area contributed by atoms with Crippen molar-refractivity contribution in [1.82, 2.24) is 15.1 Å². The van der Waals surface area contributed by atoms with Crippen LogP contribution in [0.1, 0.15) is 64.9 Å². The highest BCUT2D eigenvalue weighted by molar-refractivity contribution is 7.10. The van der Waals surface area contributed by atoms with E-state index in [9.17, 15) is 14.4 Å². The molecule has 2 heterocycles. The second-order valence-electron chi connectivity index (χ2n) is 11.1. The largest absolute Gasteiger partial charge is 0.497 e. The first-order valence-electron chi connectivity index (χ1n) is 14.6. The Labute approximate surface area is 246 Å². The van der Waals surface area contributed by atoms with Crippen LogP contribution in [-0.2, 0) is 22.6 Å². The predicted octanol–water partition coefficient (Wildman–Crippen LogP) is 5.37. The van der Waals surface area contributed by atoms with E-state index in [0.717, 1.165) is 48.1 Å². The predicted molar refractivity (Wildman–Crippen MR) is 161 cm³/mol. The van der Waals surface area contributed by atoms with Crippen molar-refractivity contribution in [3.8, 4) is 5.75 Å². The highest BCUT2D eigenvalue weighted by Crippen LogP contribution is 2.28. The fourth-order valence-corrected chi connectivity index (χ4v) is 6.88. The van der Waals surface area contributed by atoms with Crippen molar-refractivity contribution < 1.29 is 19.1 Å². The monoisotopic (exact) mass is 573 g/mol. The Bertz CT molecular complexity index is 1340. The first-order valence-corrected chi connectivity index (χ1v) is 15.4. The third kappa shape index (κ3) is 6.99. The van der Waals surface area contributed by atoms with Crippen LogP contribution in [0.25, 0.3) is 0 Å². The molecular weight excluding hydrogens is 534 g/mol. The van der Waals surface area contributed by atoms with Crippen molar-refractivity contribution in [2.75, 3.05) is 13.7 Å². The van der Waals surface area contributed by atoms with E-state index in [2.05, 4.69) is 24.4 Å². The molecule has 41 heavy (non-hydrogen) atoms. The summed E-state index contributed by atoms with van der Waals surface area (Å²) >= 11 is 1.56. The number of ether oxygens (including phenoxy) is 1. The molecule has 2 aromatic carbocycles. The summed E-state index contributed by atoms with van der Waals surface area (Å²) in [6.45, 7) is 3.11. The summed E-state index contributed by atoms with van der Waals surface area (Å²) in [5, 5.41) is 5.28. The van der Waals surface area contributed by atoms with Crippen LogP contribution < -0.4 is 10.1 Å². The van der Waals surface area contributed by atoms with Gasteiger partial charge in [0, 0.05) is 29.6 Å². The van der Waals surface area contributed by atoms with E-state index in [1.54, 1.807) is 47.6 Å². The lowest BCUT2D eigenvalue weighted by atomic mass is 9.88. The molecule has 0 radical (unpaired) electrons. The zero-order chi connectivity index (χ0) is 28.8. The van der Waals surface area contributed by atoms with Crippen LogP contribution >= 0.6 is 11.3 Å². The number of carbonyl (C=O) groups is 3. The molecule has 3 atom stereocenters. The molecule has 0 spiro atoms. The molecule has 5 rings (SSSR count). The average Bonchev–Trinajstić information content (AvgIpc) is 3.69. The molecule has 1 aliphatic heterocycles. The Kier molecular flexibility index (Phi) is 9.39. The Balaban J connectivity index is 1.36. The molecule has 1 saturated carbocycles. The molecule has 216 valence electrons. The summed E-state index contributed by atoms with van der Waals surface area (Å²) in [7, 11) is 1.61. The van der Waals surface area contributed by atoms with Crippen LogP contribution in [0.3, 0.4) is 0 Å². The third-order valence-corrected chi connectivity index (χ3v) is 9.15. The van der Waals surface area contributed by atoms with Crippen molar-refractivity contribution in [2.45, 2.75) is 76.5 Å². The number of methoxy groups -OCH3 is 1. The lowest BCUT2D eigenvalue weighted by Gasteiger charge is -2.41. The molecule has 8 heteroatoms. The molecule has 7 nitrogen and oxygen atoms in total. The van der Waals surface area contributed by atoms with E-state index >= 15 is 0 Å².